The van der Waals surface area contributed by atoms with Crippen molar-refractivity contribution in [1.29, 1.82) is 10.5 Å². The third-order valence-corrected chi connectivity index (χ3v) is 2.94. The van der Waals surface area contributed by atoms with E-state index < -0.39 is 6.10 Å². The summed E-state index contributed by atoms with van der Waals surface area (Å²) in [7, 11) is 1.68. The Morgan fingerprint density at radius 3 is 2.80 bits per heavy atom. The summed E-state index contributed by atoms with van der Waals surface area (Å²) >= 11 is 0. The van der Waals surface area contributed by atoms with Crippen LogP contribution in [0.25, 0.3) is 0 Å². The molecule has 1 atom stereocenters. The smallest absolute Gasteiger partial charge is 0.267 e. The molecular weight excluding hydrogens is 256 g/mol. The number of nitrogens with one attached hydrogen (secondary N) is 1. The summed E-state index contributed by atoms with van der Waals surface area (Å²) in [6.45, 7) is 1.67. The van der Waals surface area contributed by atoms with Gasteiger partial charge in [0.15, 0.2) is 11.9 Å². The van der Waals surface area contributed by atoms with Gasteiger partial charge in [0, 0.05) is 13.2 Å². The number of amides is 1. The number of anilines is 2. The van der Waals surface area contributed by atoms with Crippen LogP contribution in [0.4, 0.5) is 11.4 Å². The minimum Gasteiger partial charge on any atom is -0.476 e. The molecule has 100 valence electrons. The van der Waals surface area contributed by atoms with Gasteiger partial charge in [-0.25, -0.2) is 0 Å². The Hall–Kier alpha value is -2.99. The summed E-state index contributed by atoms with van der Waals surface area (Å²) in [6.07, 6.45) is 0.728. The van der Waals surface area contributed by atoms with E-state index in [0.29, 0.717) is 17.1 Å². The van der Waals surface area contributed by atoms with E-state index in [0.717, 1.165) is 0 Å². The molecule has 0 spiro atoms. The lowest BCUT2D eigenvalue weighted by Gasteiger charge is -2.31. The van der Waals surface area contributed by atoms with Crippen LogP contribution >= 0.6 is 0 Å². The summed E-state index contributed by atoms with van der Waals surface area (Å²) in [5.41, 5.74) is 1.19. The van der Waals surface area contributed by atoms with Crippen LogP contribution in [-0.2, 0) is 4.79 Å². The maximum atomic E-state index is 11.8. The fourth-order valence-corrected chi connectivity index (χ4v) is 1.88. The fraction of sp³-hybridized carbons (Fsp3) is 0.214. The van der Waals surface area contributed by atoms with Gasteiger partial charge in [0.25, 0.3) is 5.91 Å². The van der Waals surface area contributed by atoms with Gasteiger partial charge in [0.1, 0.15) is 17.7 Å². The van der Waals surface area contributed by atoms with Gasteiger partial charge in [-0.15, -0.1) is 0 Å². The molecule has 0 aliphatic carbocycles. The van der Waals surface area contributed by atoms with E-state index >= 15 is 0 Å². The molecule has 6 nitrogen and oxygen atoms in total. The van der Waals surface area contributed by atoms with E-state index in [2.05, 4.69) is 5.32 Å². The topological polar surface area (TPSA) is 89.2 Å². The molecule has 1 N–H and O–H groups in total. The minimum atomic E-state index is -0.578. The van der Waals surface area contributed by atoms with Crippen LogP contribution in [0.2, 0.25) is 0 Å². The predicted molar refractivity (Wildman–Crippen MR) is 72.9 cm³/mol. The van der Waals surface area contributed by atoms with Crippen LogP contribution in [0, 0.1) is 22.7 Å². The third-order valence-electron chi connectivity index (χ3n) is 2.94. The maximum Gasteiger partial charge on any atom is 0.267 e. The molecule has 0 fully saturated rings. The molecule has 0 saturated carbocycles. The Kier molecular flexibility index (Phi) is 3.58. The zero-order valence-electron chi connectivity index (χ0n) is 11.0. The van der Waals surface area contributed by atoms with Crippen molar-refractivity contribution < 1.29 is 9.53 Å². The largest absolute Gasteiger partial charge is 0.476 e. The van der Waals surface area contributed by atoms with Crippen molar-refractivity contribution in [2.75, 3.05) is 17.3 Å². The number of hydrogen-bond donors (Lipinski definition) is 1. The molecule has 2 rings (SSSR count). The number of para-hydroxylation sites is 1. The first-order valence-electron chi connectivity index (χ1n) is 5.92. The van der Waals surface area contributed by atoms with Gasteiger partial charge in [0.05, 0.1) is 11.4 Å². The monoisotopic (exact) mass is 268 g/mol. The number of nitrogens with zero attached hydrogens (tertiary/aromatic N) is 3. The summed E-state index contributed by atoms with van der Waals surface area (Å²) in [5, 5.41) is 20.3. The lowest BCUT2D eigenvalue weighted by Crippen LogP contribution is -2.42. The zero-order chi connectivity index (χ0) is 14.7. The first kappa shape index (κ1) is 13.4. The zero-order valence-corrected chi connectivity index (χ0v) is 11.0. The van der Waals surface area contributed by atoms with E-state index in [9.17, 15) is 4.79 Å². The van der Waals surface area contributed by atoms with E-state index in [-0.39, 0.29) is 11.5 Å². The van der Waals surface area contributed by atoms with Crippen molar-refractivity contribution in [3.63, 3.8) is 0 Å². The van der Waals surface area contributed by atoms with Gasteiger partial charge in [-0.05, 0) is 19.1 Å². The Morgan fingerprint density at radius 2 is 2.15 bits per heavy atom. The van der Waals surface area contributed by atoms with Crippen molar-refractivity contribution in [2.45, 2.75) is 13.0 Å². The van der Waals surface area contributed by atoms with Crippen LogP contribution in [0.5, 0.6) is 5.75 Å². The SMILES string of the molecule is CC1Oc2c(NC=C(C#N)C#N)cccc2N(C)C1=O. The average Bonchev–Trinajstić information content (AvgIpc) is 2.46. The van der Waals surface area contributed by atoms with Crippen LogP contribution in [-0.4, -0.2) is 19.1 Å². The summed E-state index contributed by atoms with van der Waals surface area (Å²) < 4.78 is 5.60. The van der Waals surface area contributed by atoms with Gasteiger partial charge in [-0.3, -0.25) is 4.79 Å². The van der Waals surface area contributed by atoms with E-state index in [1.165, 1.54) is 11.1 Å². The highest BCUT2D eigenvalue weighted by Crippen LogP contribution is 2.39. The summed E-state index contributed by atoms with van der Waals surface area (Å²) in [5.74, 6) is 0.397. The van der Waals surface area contributed by atoms with Crippen LogP contribution < -0.4 is 15.0 Å². The number of allylic oxidation sites excluding steroid dienone is 1. The van der Waals surface area contributed by atoms with Crippen molar-refractivity contribution in [3.05, 3.63) is 30.0 Å². The molecule has 1 aromatic carbocycles. The second-order valence-corrected chi connectivity index (χ2v) is 4.24. The molecule has 1 aliphatic rings. The summed E-state index contributed by atoms with van der Waals surface area (Å²) in [4.78, 5) is 13.4. The van der Waals surface area contributed by atoms with Crippen molar-refractivity contribution in [1.82, 2.24) is 0 Å². The third kappa shape index (κ3) is 2.27. The molecular formula is C14H12N4O2. The molecule has 1 amide bonds. The molecule has 0 aromatic heterocycles. The molecule has 0 saturated heterocycles. The molecule has 1 unspecified atom stereocenters. The highest BCUT2D eigenvalue weighted by atomic mass is 16.5. The van der Waals surface area contributed by atoms with Gasteiger partial charge >= 0.3 is 0 Å². The second-order valence-electron chi connectivity index (χ2n) is 4.24. The van der Waals surface area contributed by atoms with E-state index in [1.54, 1.807) is 44.3 Å². The van der Waals surface area contributed by atoms with Gasteiger partial charge in [0.2, 0.25) is 0 Å². The van der Waals surface area contributed by atoms with Gasteiger partial charge in [-0.2, -0.15) is 10.5 Å². The Labute approximate surface area is 116 Å². The standard InChI is InChI=1S/C14H12N4O2/c1-9-14(19)18(2)12-5-3-4-11(13(12)20-9)17-8-10(6-15)7-16/h3-5,8-9,17H,1-2H3. The number of nitriles is 2. The van der Waals surface area contributed by atoms with Gasteiger partial charge < -0.3 is 15.0 Å². The lowest BCUT2D eigenvalue weighted by molar-refractivity contribution is -0.125. The molecule has 1 heterocycles. The number of rotatable bonds is 2. The minimum absolute atomic E-state index is 0.0455. The van der Waals surface area contributed by atoms with Crippen LogP contribution in [0.1, 0.15) is 6.92 Å². The second kappa shape index (κ2) is 5.33. The van der Waals surface area contributed by atoms with Crippen molar-refractivity contribution in [3.8, 4) is 17.9 Å². The Bertz CT molecular complexity index is 651. The quantitative estimate of drug-likeness (QED) is 0.826. The normalized spacial score (nSPS) is 16.3. The number of benzene rings is 1. The molecule has 6 heteroatoms. The van der Waals surface area contributed by atoms with Crippen molar-refractivity contribution in [2.24, 2.45) is 0 Å². The number of hydrogen-bond acceptors (Lipinski definition) is 5. The van der Waals surface area contributed by atoms with E-state index in [1.807, 2.05) is 0 Å². The lowest BCUT2D eigenvalue weighted by atomic mass is 10.1. The Balaban J connectivity index is 2.40. The highest BCUT2D eigenvalue weighted by molar-refractivity contribution is 6.00. The number of ether oxygens (including phenoxy) is 1. The molecule has 20 heavy (non-hydrogen) atoms. The first-order chi connectivity index (χ1) is 9.58. The van der Waals surface area contributed by atoms with Crippen LogP contribution in [0.3, 0.4) is 0 Å². The first-order valence-corrected chi connectivity index (χ1v) is 5.92. The highest BCUT2D eigenvalue weighted by Gasteiger charge is 2.30. The average molecular weight is 268 g/mol. The number of carbonyl (C=O) groups excluding carboxylic acids is 1. The summed E-state index contributed by atoms with van der Waals surface area (Å²) in [6, 6.07) is 8.79. The van der Waals surface area contributed by atoms with Crippen molar-refractivity contribution >= 4 is 17.3 Å². The number of likely N-dealkylation sites (N-methyl/N-ethyl adjacent to an activating group) is 1. The molecule has 1 aromatic rings. The predicted octanol–water partition coefficient (Wildman–Crippen LogP) is 1.77. The molecule has 0 radical (unpaired) electrons. The number of fused-ring (bicyclic) bond motifs is 1. The molecule has 1 aliphatic heterocycles. The Morgan fingerprint density at radius 1 is 1.45 bits per heavy atom. The van der Waals surface area contributed by atoms with Crippen LogP contribution in [0.15, 0.2) is 30.0 Å². The van der Waals surface area contributed by atoms with Gasteiger partial charge in [-0.1, -0.05) is 6.07 Å². The fourth-order valence-electron chi connectivity index (χ4n) is 1.88. The maximum absolute atomic E-state index is 11.8. The number of carbonyl (C=O) groups is 1. The molecule has 0 bridgehead atoms. The van der Waals surface area contributed by atoms with E-state index in [4.69, 9.17) is 15.3 Å².